The standard InChI is InChI=1S/C20H24N2O4S/c1-20(2,24)14-10-17(26-11-14)27(25)22-19(23)21-18-15-7-3-5-12(15)9-13-6-4-8-16(13)18/h9-11,24H,3-8H2,1-2H3,(H2,21,22,23). The number of benzene rings is 1. The van der Waals surface area contributed by atoms with Gasteiger partial charge in [0.15, 0.2) is 11.0 Å². The lowest BCUT2D eigenvalue weighted by Crippen LogP contribution is -2.31. The number of nitrogens with one attached hydrogen (secondary N) is 2. The summed E-state index contributed by atoms with van der Waals surface area (Å²) in [6, 6.07) is 3.28. The lowest BCUT2D eigenvalue weighted by molar-refractivity contribution is 0.0779. The molecule has 1 aromatic carbocycles. The molecule has 2 aliphatic carbocycles. The SMILES string of the molecule is CC(C)(O)c1coc(S(=O)NC(=O)Nc2c3c(cc4c2CCC4)CCC3)c1. The van der Waals surface area contributed by atoms with Crippen LogP contribution in [0.5, 0.6) is 0 Å². The lowest BCUT2D eigenvalue weighted by Gasteiger charge is -2.16. The molecule has 2 amide bonds. The largest absolute Gasteiger partial charge is 0.453 e. The Morgan fingerprint density at radius 3 is 2.30 bits per heavy atom. The van der Waals surface area contributed by atoms with E-state index < -0.39 is 22.6 Å². The van der Waals surface area contributed by atoms with Gasteiger partial charge in [-0.3, -0.25) is 0 Å². The molecule has 6 nitrogen and oxygen atoms in total. The number of rotatable bonds is 4. The van der Waals surface area contributed by atoms with Crippen LogP contribution in [-0.2, 0) is 42.3 Å². The minimum Gasteiger partial charge on any atom is -0.453 e. The van der Waals surface area contributed by atoms with E-state index in [0.717, 1.165) is 44.2 Å². The summed E-state index contributed by atoms with van der Waals surface area (Å²) >= 11 is 0. The summed E-state index contributed by atoms with van der Waals surface area (Å²) in [5.41, 5.74) is 5.41. The smallest absolute Gasteiger partial charge is 0.331 e. The topological polar surface area (TPSA) is 91.6 Å². The second-order valence-corrected chi connectivity index (χ2v) is 8.92. The van der Waals surface area contributed by atoms with Crippen molar-refractivity contribution in [2.75, 3.05) is 5.32 Å². The molecule has 1 aromatic heterocycles. The van der Waals surface area contributed by atoms with E-state index in [2.05, 4.69) is 16.1 Å². The highest BCUT2D eigenvalue weighted by Gasteiger charge is 2.26. The van der Waals surface area contributed by atoms with Crippen molar-refractivity contribution in [1.82, 2.24) is 4.72 Å². The Kier molecular flexibility index (Phi) is 4.60. The van der Waals surface area contributed by atoms with Crippen LogP contribution in [0.15, 0.2) is 27.9 Å². The highest BCUT2D eigenvalue weighted by Crippen LogP contribution is 2.38. The van der Waals surface area contributed by atoms with Crippen molar-refractivity contribution in [3.8, 4) is 0 Å². The van der Waals surface area contributed by atoms with E-state index in [1.165, 1.54) is 34.6 Å². The molecule has 27 heavy (non-hydrogen) atoms. The van der Waals surface area contributed by atoms with Crippen molar-refractivity contribution in [2.45, 2.75) is 63.1 Å². The molecule has 0 saturated heterocycles. The molecule has 7 heteroatoms. The first-order chi connectivity index (χ1) is 12.8. The second-order valence-electron chi connectivity index (χ2n) is 7.77. The fourth-order valence-electron chi connectivity index (χ4n) is 3.98. The third-order valence-electron chi connectivity index (χ3n) is 5.36. The predicted octanol–water partition coefficient (Wildman–Crippen LogP) is 3.33. The average Bonchev–Trinajstić information content (AvgIpc) is 3.33. The maximum absolute atomic E-state index is 12.5. The zero-order chi connectivity index (χ0) is 19.2. The molecule has 1 unspecified atom stereocenters. The minimum absolute atomic E-state index is 0.103. The zero-order valence-electron chi connectivity index (χ0n) is 15.6. The summed E-state index contributed by atoms with van der Waals surface area (Å²) in [7, 11) is -1.84. The van der Waals surface area contributed by atoms with E-state index >= 15 is 0 Å². The van der Waals surface area contributed by atoms with Crippen LogP contribution in [0.25, 0.3) is 0 Å². The Bertz CT molecular complexity index is 895. The van der Waals surface area contributed by atoms with Crippen LogP contribution in [0.2, 0.25) is 0 Å². The first-order valence-corrected chi connectivity index (χ1v) is 10.4. The molecular weight excluding hydrogens is 364 g/mol. The summed E-state index contributed by atoms with van der Waals surface area (Å²) in [6.45, 7) is 3.22. The number of furan rings is 1. The van der Waals surface area contributed by atoms with E-state index in [0.29, 0.717) is 5.56 Å². The van der Waals surface area contributed by atoms with Crippen LogP contribution < -0.4 is 10.0 Å². The summed E-state index contributed by atoms with van der Waals surface area (Å²) in [6.07, 6.45) is 7.60. The Morgan fingerprint density at radius 1 is 1.11 bits per heavy atom. The van der Waals surface area contributed by atoms with E-state index in [9.17, 15) is 14.1 Å². The van der Waals surface area contributed by atoms with Gasteiger partial charge in [-0.05, 0) is 74.6 Å². The number of anilines is 1. The number of hydrogen-bond donors (Lipinski definition) is 3. The second kappa shape index (κ2) is 6.80. The van der Waals surface area contributed by atoms with Gasteiger partial charge < -0.3 is 14.8 Å². The third-order valence-corrected chi connectivity index (χ3v) is 6.31. The van der Waals surface area contributed by atoms with E-state index in [1.54, 1.807) is 13.8 Å². The number of aliphatic hydroxyl groups is 1. The van der Waals surface area contributed by atoms with Gasteiger partial charge in [-0.1, -0.05) is 6.07 Å². The van der Waals surface area contributed by atoms with E-state index in [4.69, 9.17) is 4.42 Å². The number of aryl methyl sites for hydroxylation is 2. The number of hydrogen-bond acceptors (Lipinski definition) is 4. The van der Waals surface area contributed by atoms with Crippen molar-refractivity contribution in [3.05, 3.63) is 46.2 Å². The molecule has 3 N–H and O–H groups in total. The lowest BCUT2D eigenvalue weighted by atomic mass is 9.99. The molecule has 2 aliphatic rings. The van der Waals surface area contributed by atoms with Crippen LogP contribution in [0.3, 0.4) is 0 Å². The zero-order valence-corrected chi connectivity index (χ0v) is 16.4. The van der Waals surface area contributed by atoms with Gasteiger partial charge in [0.1, 0.15) is 0 Å². The van der Waals surface area contributed by atoms with Gasteiger partial charge in [0.25, 0.3) is 0 Å². The minimum atomic E-state index is -1.84. The van der Waals surface area contributed by atoms with E-state index in [1.807, 2.05) is 0 Å². The molecule has 144 valence electrons. The molecule has 0 fully saturated rings. The monoisotopic (exact) mass is 388 g/mol. The molecule has 0 aliphatic heterocycles. The highest BCUT2D eigenvalue weighted by atomic mass is 32.2. The number of urea groups is 1. The van der Waals surface area contributed by atoms with Crippen LogP contribution in [0.4, 0.5) is 10.5 Å². The Labute approximate surface area is 160 Å². The quantitative estimate of drug-likeness (QED) is 0.749. The number of fused-ring (bicyclic) bond motifs is 2. The van der Waals surface area contributed by atoms with Crippen molar-refractivity contribution in [3.63, 3.8) is 0 Å². The molecule has 4 rings (SSSR count). The van der Waals surface area contributed by atoms with E-state index in [-0.39, 0.29) is 5.09 Å². The van der Waals surface area contributed by atoms with Crippen LogP contribution in [-0.4, -0.2) is 15.3 Å². The van der Waals surface area contributed by atoms with Crippen LogP contribution in [0.1, 0.15) is 54.5 Å². The Balaban J connectivity index is 1.51. The van der Waals surface area contributed by atoms with Crippen molar-refractivity contribution in [1.29, 1.82) is 0 Å². The fraction of sp³-hybridized carbons (Fsp3) is 0.450. The van der Waals surface area contributed by atoms with Gasteiger partial charge in [-0.15, -0.1) is 0 Å². The Morgan fingerprint density at radius 2 is 1.74 bits per heavy atom. The molecule has 0 bridgehead atoms. The molecule has 2 aromatic rings. The van der Waals surface area contributed by atoms with Crippen molar-refractivity contribution < 1.29 is 18.5 Å². The molecule has 0 spiro atoms. The van der Waals surface area contributed by atoms with Crippen LogP contribution in [0, 0.1) is 0 Å². The molecule has 0 radical (unpaired) electrons. The third kappa shape index (κ3) is 3.53. The summed E-state index contributed by atoms with van der Waals surface area (Å²) in [5, 5.41) is 13.0. The van der Waals surface area contributed by atoms with Gasteiger partial charge in [0.2, 0.25) is 5.09 Å². The Hall–Kier alpha value is -2.12. The normalized spacial score (nSPS) is 16.7. The van der Waals surface area contributed by atoms with Crippen molar-refractivity contribution >= 4 is 22.7 Å². The van der Waals surface area contributed by atoms with Gasteiger partial charge >= 0.3 is 6.03 Å². The number of carbonyl (C=O) groups excluding carboxylic acids is 1. The average molecular weight is 388 g/mol. The predicted molar refractivity (Wildman–Crippen MR) is 103 cm³/mol. The first-order valence-electron chi connectivity index (χ1n) is 9.30. The molecule has 1 atom stereocenters. The molecular formula is C20H24N2O4S. The number of carbonyl (C=O) groups is 1. The van der Waals surface area contributed by atoms with Crippen LogP contribution >= 0.6 is 0 Å². The molecule has 1 heterocycles. The van der Waals surface area contributed by atoms with Gasteiger partial charge in [-0.2, -0.15) is 0 Å². The van der Waals surface area contributed by atoms with Gasteiger partial charge in [0, 0.05) is 17.3 Å². The maximum atomic E-state index is 12.5. The molecule has 0 saturated carbocycles. The first kappa shape index (κ1) is 18.3. The van der Waals surface area contributed by atoms with Crippen molar-refractivity contribution in [2.24, 2.45) is 0 Å². The summed E-state index contributed by atoms with van der Waals surface area (Å²) < 4.78 is 20.1. The van der Waals surface area contributed by atoms with Gasteiger partial charge in [0.05, 0.1) is 11.9 Å². The van der Waals surface area contributed by atoms with Gasteiger partial charge in [-0.25, -0.2) is 13.7 Å². The summed E-state index contributed by atoms with van der Waals surface area (Å²) in [5.74, 6) is 0. The maximum Gasteiger partial charge on any atom is 0.331 e. The fourth-order valence-corrected chi connectivity index (χ4v) is 4.66. The summed E-state index contributed by atoms with van der Waals surface area (Å²) in [4.78, 5) is 12.5. The number of amides is 2. The highest BCUT2D eigenvalue weighted by molar-refractivity contribution is 7.83.